The molecule has 1 N–H and O–H groups in total. The number of hydrogen-bond donors (Lipinski definition) is 1. The maximum Gasteiger partial charge on any atom is 0.336 e. The van der Waals surface area contributed by atoms with Gasteiger partial charge in [-0.1, -0.05) is 18.2 Å². The summed E-state index contributed by atoms with van der Waals surface area (Å²) in [5, 5.41) is 9.41. The number of ether oxygens (including phenoxy) is 2. The number of hydrogen-bond acceptors (Lipinski definition) is 5. The highest BCUT2D eigenvalue weighted by Gasteiger charge is 2.14. The molecule has 27 heavy (non-hydrogen) atoms. The number of carbonyl (C=O) groups excluding carboxylic acids is 1. The number of anilines is 1. The Labute approximate surface area is 159 Å². The molecule has 0 amide bonds. The summed E-state index contributed by atoms with van der Waals surface area (Å²) in [6.07, 6.45) is 0.923. The van der Waals surface area contributed by atoms with Crippen LogP contribution in [0.2, 0.25) is 0 Å². The van der Waals surface area contributed by atoms with Gasteiger partial charge >= 0.3 is 11.9 Å². The zero-order chi connectivity index (χ0) is 19.8. The Balaban J connectivity index is 2.23. The van der Waals surface area contributed by atoms with E-state index in [1.165, 1.54) is 7.11 Å². The number of carbonyl (C=O) groups is 2. The van der Waals surface area contributed by atoms with Crippen molar-refractivity contribution in [2.24, 2.45) is 0 Å². The van der Waals surface area contributed by atoms with E-state index >= 15 is 0 Å². The van der Waals surface area contributed by atoms with Gasteiger partial charge in [0.25, 0.3) is 0 Å². The number of aryl methyl sites for hydroxylation is 1. The van der Waals surface area contributed by atoms with Gasteiger partial charge in [0.15, 0.2) is 0 Å². The zero-order valence-corrected chi connectivity index (χ0v) is 15.9. The number of rotatable bonds is 9. The minimum atomic E-state index is -0.951. The molecular weight excluding hydrogens is 346 g/mol. The second kappa shape index (κ2) is 9.62. The van der Waals surface area contributed by atoms with Gasteiger partial charge in [0.05, 0.1) is 19.8 Å². The van der Waals surface area contributed by atoms with Crippen molar-refractivity contribution in [3.05, 3.63) is 59.2 Å². The average Bonchev–Trinajstić information content (AvgIpc) is 2.67. The quantitative estimate of drug-likeness (QED) is 0.678. The molecule has 0 aliphatic heterocycles. The van der Waals surface area contributed by atoms with Gasteiger partial charge in [-0.25, -0.2) is 4.79 Å². The van der Waals surface area contributed by atoms with Crippen LogP contribution in [0, 0.1) is 6.92 Å². The van der Waals surface area contributed by atoms with Gasteiger partial charge in [0.2, 0.25) is 0 Å². The number of nitrogens with zero attached hydrogens (tertiary/aromatic N) is 1. The van der Waals surface area contributed by atoms with E-state index in [1.807, 2.05) is 30.3 Å². The second-order valence-electron chi connectivity index (χ2n) is 6.25. The van der Waals surface area contributed by atoms with Crippen LogP contribution in [0.15, 0.2) is 42.5 Å². The summed E-state index contributed by atoms with van der Waals surface area (Å²) in [5.74, 6) is -0.428. The minimum absolute atomic E-state index is 0.255. The molecule has 0 saturated heterocycles. The number of aromatic carboxylic acids is 1. The Bertz CT molecular complexity index is 786. The molecule has 2 aromatic rings. The standard InChI is InChI=1S/C21H25NO5/c1-15-6-9-17(13-19(15)21(24)25)22(12-4-5-20(23)27-3)14-16-7-10-18(26-2)11-8-16/h6-11,13H,4-5,12,14H2,1-3H3,(H,24,25). The van der Waals surface area contributed by atoms with Gasteiger partial charge in [0.1, 0.15) is 5.75 Å². The number of esters is 1. The third-order valence-electron chi connectivity index (χ3n) is 4.39. The Morgan fingerprint density at radius 1 is 1.07 bits per heavy atom. The lowest BCUT2D eigenvalue weighted by Gasteiger charge is -2.26. The van der Waals surface area contributed by atoms with Crippen LogP contribution in [0.4, 0.5) is 5.69 Å². The monoisotopic (exact) mass is 371 g/mol. The normalized spacial score (nSPS) is 10.3. The summed E-state index contributed by atoms with van der Waals surface area (Å²) < 4.78 is 9.89. The Hall–Kier alpha value is -3.02. The molecule has 2 rings (SSSR count). The summed E-state index contributed by atoms with van der Waals surface area (Å²) in [7, 11) is 2.99. The number of carboxylic acid groups (broad SMARTS) is 1. The van der Waals surface area contributed by atoms with Gasteiger partial charge < -0.3 is 19.5 Å². The van der Waals surface area contributed by atoms with E-state index in [1.54, 1.807) is 26.2 Å². The van der Waals surface area contributed by atoms with E-state index in [4.69, 9.17) is 9.47 Å². The first-order chi connectivity index (χ1) is 12.9. The highest BCUT2D eigenvalue weighted by molar-refractivity contribution is 5.90. The first kappa shape index (κ1) is 20.3. The lowest BCUT2D eigenvalue weighted by atomic mass is 10.1. The summed E-state index contributed by atoms with van der Waals surface area (Å²) >= 11 is 0. The fourth-order valence-electron chi connectivity index (χ4n) is 2.80. The molecule has 0 bridgehead atoms. The number of benzene rings is 2. The summed E-state index contributed by atoms with van der Waals surface area (Å²) in [6.45, 7) is 2.97. The molecule has 0 radical (unpaired) electrons. The van der Waals surface area contributed by atoms with Crippen LogP contribution in [0.3, 0.4) is 0 Å². The van der Waals surface area contributed by atoms with Crippen LogP contribution in [0.25, 0.3) is 0 Å². The van der Waals surface area contributed by atoms with Crippen molar-refractivity contribution >= 4 is 17.6 Å². The Morgan fingerprint density at radius 2 is 1.78 bits per heavy atom. The van der Waals surface area contributed by atoms with Crippen molar-refractivity contribution < 1.29 is 24.2 Å². The SMILES string of the molecule is COC(=O)CCCN(Cc1ccc(OC)cc1)c1ccc(C)c(C(=O)O)c1. The van der Waals surface area contributed by atoms with Gasteiger partial charge in [-0.15, -0.1) is 0 Å². The lowest BCUT2D eigenvalue weighted by molar-refractivity contribution is -0.140. The van der Waals surface area contributed by atoms with E-state index in [0.29, 0.717) is 31.5 Å². The fraction of sp³-hybridized carbons (Fsp3) is 0.333. The number of methoxy groups -OCH3 is 2. The maximum atomic E-state index is 11.5. The lowest BCUT2D eigenvalue weighted by Crippen LogP contribution is -2.25. The first-order valence-corrected chi connectivity index (χ1v) is 8.73. The van der Waals surface area contributed by atoms with Crippen LogP contribution in [0.1, 0.15) is 34.3 Å². The molecule has 0 aliphatic carbocycles. The van der Waals surface area contributed by atoms with Gasteiger partial charge in [-0.3, -0.25) is 4.79 Å². The Morgan fingerprint density at radius 3 is 2.37 bits per heavy atom. The molecule has 0 fully saturated rings. The average molecular weight is 371 g/mol. The molecule has 6 heteroatoms. The van der Waals surface area contributed by atoms with Crippen molar-refractivity contribution in [3.8, 4) is 5.75 Å². The summed E-state index contributed by atoms with van der Waals surface area (Å²) in [4.78, 5) is 25.0. The first-order valence-electron chi connectivity index (χ1n) is 8.73. The van der Waals surface area contributed by atoms with Gasteiger partial charge in [0, 0.05) is 25.2 Å². The third kappa shape index (κ3) is 5.74. The molecule has 0 atom stereocenters. The van der Waals surface area contributed by atoms with Crippen LogP contribution in [0.5, 0.6) is 5.75 Å². The van der Waals surface area contributed by atoms with Crippen LogP contribution in [-0.4, -0.2) is 37.8 Å². The zero-order valence-electron chi connectivity index (χ0n) is 15.9. The minimum Gasteiger partial charge on any atom is -0.497 e. The van der Waals surface area contributed by atoms with Gasteiger partial charge in [-0.05, 0) is 48.7 Å². The van der Waals surface area contributed by atoms with Crippen molar-refractivity contribution in [2.45, 2.75) is 26.3 Å². The number of carboxylic acids is 1. The second-order valence-corrected chi connectivity index (χ2v) is 6.25. The highest BCUT2D eigenvalue weighted by Crippen LogP contribution is 2.23. The molecule has 0 unspecified atom stereocenters. The molecular formula is C21H25NO5. The maximum absolute atomic E-state index is 11.5. The van der Waals surface area contributed by atoms with Crippen LogP contribution < -0.4 is 9.64 Å². The smallest absolute Gasteiger partial charge is 0.336 e. The molecule has 0 aliphatic rings. The van der Waals surface area contributed by atoms with E-state index < -0.39 is 5.97 Å². The molecule has 6 nitrogen and oxygen atoms in total. The molecule has 144 valence electrons. The van der Waals surface area contributed by atoms with Crippen molar-refractivity contribution in [1.82, 2.24) is 0 Å². The van der Waals surface area contributed by atoms with Crippen molar-refractivity contribution in [2.75, 3.05) is 25.7 Å². The molecule has 0 aromatic heterocycles. The van der Waals surface area contributed by atoms with Crippen LogP contribution >= 0.6 is 0 Å². The molecule has 0 heterocycles. The van der Waals surface area contributed by atoms with Gasteiger partial charge in [-0.2, -0.15) is 0 Å². The molecule has 0 spiro atoms. The van der Waals surface area contributed by atoms with E-state index in [2.05, 4.69) is 4.90 Å². The van der Waals surface area contributed by atoms with Crippen LogP contribution in [-0.2, 0) is 16.1 Å². The largest absolute Gasteiger partial charge is 0.497 e. The van der Waals surface area contributed by atoms with Crippen molar-refractivity contribution in [1.29, 1.82) is 0 Å². The Kier molecular flexibility index (Phi) is 7.23. The predicted molar refractivity (Wildman–Crippen MR) is 103 cm³/mol. The molecule has 2 aromatic carbocycles. The third-order valence-corrected chi connectivity index (χ3v) is 4.39. The summed E-state index contributed by atoms with van der Waals surface area (Å²) in [5.41, 5.74) is 2.86. The van der Waals surface area contributed by atoms with E-state index in [9.17, 15) is 14.7 Å². The van der Waals surface area contributed by atoms with E-state index in [0.717, 1.165) is 17.0 Å². The van der Waals surface area contributed by atoms with Crippen molar-refractivity contribution in [3.63, 3.8) is 0 Å². The van der Waals surface area contributed by atoms with E-state index in [-0.39, 0.29) is 11.5 Å². The fourth-order valence-corrected chi connectivity index (χ4v) is 2.80. The topological polar surface area (TPSA) is 76.1 Å². The molecule has 0 saturated carbocycles. The summed E-state index contributed by atoms with van der Waals surface area (Å²) in [6, 6.07) is 13.1. The highest BCUT2D eigenvalue weighted by atomic mass is 16.5. The predicted octanol–water partition coefficient (Wildman–Crippen LogP) is 3.66.